The van der Waals surface area contributed by atoms with Gasteiger partial charge < -0.3 is 19.4 Å². The smallest absolute Gasteiger partial charge is 0.338 e. The fourth-order valence-electron chi connectivity index (χ4n) is 4.15. The monoisotopic (exact) mass is 916 g/mol. The fraction of sp³-hybridized carbons (Fsp3) is 0.523. The summed E-state index contributed by atoms with van der Waals surface area (Å²) in [5.41, 5.74) is 4.20. The number of ether oxygens (including phenoxy) is 2. The Balaban J connectivity index is 0. The number of aliphatic hydroxyl groups is 1. The van der Waals surface area contributed by atoms with Crippen LogP contribution in [-0.4, -0.2) is 49.5 Å². The summed E-state index contributed by atoms with van der Waals surface area (Å²) in [6.45, 7) is 23.0. The second-order valence-electron chi connectivity index (χ2n) is 14.9. The van der Waals surface area contributed by atoms with E-state index in [1.807, 2.05) is 60.6 Å². The first-order valence-corrected chi connectivity index (χ1v) is 20.6. The number of Topliss-reactive ketones (excluding diaryl/α,β-unsaturated/α-hetero) is 2. The zero-order valence-corrected chi connectivity index (χ0v) is 39.1. The Morgan fingerprint density at radius 1 is 0.722 bits per heavy atom. The maximum atomic E-state index is 12.2. The van der Waals surface area contributed by atoms with Crippen molar-refractivity contribution in [3.05, 3.63) is 101 Å². The van der Waals surface area contributed by atoms with E-state index in [4.69, 9.17) is 32.7 Å². The maximum absolute atomic E-state index is 12.2. The maximum Gasteiger partial charge on any atom is 0.338 e. The van der Waals surface area contributed by atoms with Gasteiger partial charge >= 0.3 is 5.97 Å². The van der Waals surface area contributed by atoms with Crippen molar-refractivity contribution in [3.63, 3.8) is 0 Å². The minimum atomic E-state index is -0.410. The zero-order valence-electron chi connectivity index (χ0n) is 34.5. The van der Waals surface area contributed by atoms with E-state index in [1.54, 1.807) is 43.3 Å². The van der Waals surface area contributed by atoms with Gasteiger partial charge in [-0.15, -0.1) is 23.2 Å². The number of carbonyl (C=O) groups excluding carboxylic acids is 3. The van der Waals surface area contributed by atoms with E-state index in [-0.39, 0.29) is 44.4 Å². The number of carbonyl (C=O) groups is 3. The summed E-state index contributed by atoms with van der Waals surface area (Å²) in [4.78, 5) is 33.3. The molecule has 4 rings (SSSR count). The van der Waals surface area contributed by atoms with Crippen LogP contribution in [-0.2, 0) is 9.53 Å². The normalized spacial score (nSPS) is 12.9. The van der Waals surface area contributed by atoms with Crippen molar-refractivity contribution in [1.82, 2.24) is 0 Å². The van der Waals surface area contributed by atoms with E-state index in [0.29, 0.717) is 16.9 Å². The lowest BCUT2D eigenvalue weighted by Crippen LogP contribution is -2.26. The lowest BCUT2D eigenvalue weighted by molar-refractivity contribution is -0.115. The van der Waals surface area contributed by atoms with Crippen molar-refractivity contribution in [2.24, 2.45) is 5.41 Å². The molecule has 54 heavy (non-hydrogen) atoms. The molecule has 10 heteroatoms. The van der Waals surface area contributed by atoms with Crippen LogP contribution in [0.3, 0.4) is 0 Å². The van der Waals surface area contributed by atoms with Crippen molar-refractivity contribution >= 4 is 72.6 Å². The van der Waals surface area contributed by atoms with Gasteiger partial charge in [-0.3, -0.25) is 4.79 Å². The van der Waals surface area contributed by atoms with Crippen LogP contribution >= 0.6 is 55.1 Å². The van der Waals surface area contributed by atoms with Crippen LogP contribution in [0.2, 0.25) is 0 Å². The van der Waals surface area contributed by atoms with Gasteiger partial charge in [0.1, 0.15) is 29.6 Å². The first-order valence-electron chi connectivity index (χ1n) is 18.1. The van der Waals surface area contributed by atoms with Gasteiger partial charge in [0, 0.05) is 11.0 Å². The standard InChI is InChI=1S/C21H24O4.C8H10.C7H14O.C3H6Br2.C3H6O.C2H4Cl2/c1-15-5-7-17(8-6-15)20(23)25-14-13-24-18-11-9-16(10-12-18)19(22)21(2,3)4;1-7-3-5-8(2)6-4-7;1-7(8)5-3-2-4-6-7;1-3(2,4)5;1-3(2)4;1-2(3)4/h5-12H,13-14H2,1-4H3;3-6H,1-2H3;8H,2-6H2,1H3;1-2H3;1-2H3;2H,1H3. The molecule has 3 aromatic rings. The van der Waals surface area contributed by atoms with Crippen LogP contribution in [0.1, 0.15) is 132 Å². The third-order valence-corrected chi connectivity index (χ3v) is 6.82. The number of ketones is 2. The van der Waals surface area contributed by atoms with Gasteiger partial charge in [-0.1, -0.05) is 125 Å². The molecule has 1 aliphatic carbocycles. The lowest BCUT2D eigenvalue weighted by Gasteiger charge is -2.27. The molecule has 0 aliphatic heterocycles. The van der Waals surface area contributed by atoms with Crippen LogP contribution in [0.4, 0.5) is 0 Å². The molecule has 0 bridgehead atoms. The number of hydrogen-bond acceptors (Lipinski definition) is 6. The fourth-order valence-corrected chi connectivity index (χ4v) is 4.15. The number of hydrogen-bond donors (Lipinski definition) is 1. The Kier molecular flexibility index (Phi) is 28.1. The Bertz CT molecular complexity index is 1420. The SMILES string of the molecule is CC(C)(Br)Br.CC(C)=O.CC(Cl)Cl.CC1(O)CCCCC1.Cc1ccc(C(=O)OCCOc2ccc(C(=O)C(C)(C)C)cc2)cc1.Cc1ccc(C)cc1. The molecule has 304 valence electrons. The summed E-state index contributed by atoms with van der Waals surface area (Å²) in [6.07, 6.45) is 5.76. The highest BCUT2D eigenvalue weighted by Gasteiger charge is 2.23. The van der Waals surface area contributed by atoms with Crippen LogP contribution in [0, 0.1) is 26.2 Å². The predicted octanol–water partition coefficient (Wildman–Crippen LogP) is 13.4. The molecular formula is C44H64Br2Cl2O6. The predicted molar refractivity (Wildman–Crippen MR) is 236 cm³/mol. The molecule has 0 radical (unpaired) electrons. The van der Waals surface area contributed by atoms with E-state index >= 15 is 0 Å². The first kappa shape index (κ1) is 53.9. The van der Waals surface area contributed by atoms with Gasteiger partial charge in [0.05, 0.1) is 14.4 Å². The molecule has 1 fully saturated rings. The molecule has 6 nitrogen and oxygen atoms in total. The topological polar surface area (TPSA) is 89.9 Å². The van der Waals surface area contributed by atoms with Crippen LogP contribution in [0.15, 0.2) is 72.8 Å². The van der Waals surface area contributed by atoms with Gasteiger partial charge in [-0.05, 0) is 112 Å². The molecule has 0 aromatic heterocycles. The largest absolute Gasteiger partial charge is 0.490 e. The quantitative estimate of drug-likeness (QED) is 0.115. The molecule has 0 spiro atoms. The van der Waals surface area contributed by atoms with Gasteiger partial charge in [-0.25, -0.2) is 4.79 Å². The van der Waals surface area contributed by atoms with E-state index in [2.05, 4.69) is 70.0 Å². The molecule has 0 saturated heterocycles. The second kappa shape index (κ2) is 28.2. The van der Waals surface area contributed by atoms with Crippen LogP contribution < -0.4 is 4.74 Å². The molecule has 0 amide bonds. The molecule has 0 heterocycles. The zero-order chi connectivity index (χ0) is 42.1. The number of benzene rings is 3. The Hall–Kier alpha value is -2.23. The van der Waals surface area contributed by atoms with Crippen molar-refractivity contribution in [2.45, 2.75) is 129 Å². The first-order chi connectivity index (χ1) is 24.7. The Morgan fingerprint density at radius 3 is 1.37 bits per heavy atom. The summed E-state index contributed by atoms with van der Waals surface area (Å²) < 4.78 is 10.8. The second-order valence-corrected chi connectivity index (χ2v) is 21.5. The molecule has 0 unspecified atom stereocenters. The molecule has 0 atom stereocenters. The molecular weight excluding hydrogens is 855 g/mol. The molecule has 1 aliphatic rings. The molecule has 1 saturated carbocycles. The Labute approximate surface area is 353 Å². The average molecular weight is 920 g/mol. The highest BCUT2D eigenvalue weighted by Crippen LogP contribution is 2.27. The molecule has 1 N–H and O–H groups in total. The minimum absolute atomic E-state index is 0.0890. The number of alkyl halides is 4. The van der Waals surface area contributed by atoms with E-state index in [1.165, 1.54) is 44.2 Å². The van der Waals surface area contributed by atoms with Gasteiger partial charge in [0.2, 0.25) is 0 Å². The van der Waals surface area contributed by atoms with E-state index in [9.17, 15) is 19.5 Å². The van der Waals surface area contributed by atoms with Crippen LogP contribution in [0.5, 0.6) is 5.75 Å². The summed E-state index contributed by atoms with van der Waals surface area (Å²) in [6, 6.07) is 22.7. The van der Waals surface area contributed by atoms with Crippen LogP contribution in [0.25, 0.3) is 0 Å². The summed E-state index contributed by atoms with van der Waals surface area (Å²) in [5.74, 6) is 0.526. The van der Waals surface area contributed by atoms with Gasteiger partial charge in [0.15, 0.2) is 5.78 Å². The third-order valence-electron chi connectivity index (χ3n) is 6.82. The average Bonchev–Trinajstić information content (AvgIpc) is 3.03. The summed E-state index contributed by atoms with van der Waals surface area (Å²) in [7, 11) is 0. The number of halogens is 4. The highest BCUT2D eigenvalue weighted by molar-refractivity contribution is 9.25. The summed E-state index contributed by atoms with van der Waals surface area (Å²) in [5, 5.41) is 9.37. The number of rotatable bonds is 6. The third kappa shape index (κ3) is 34.3. The van der Waals surface area contributed by atoms with Crippen molar-refractivity contribution in [2.75, 3.05) is 13.2 Å². The van der Waals surface area contributed by atoms with E-state index < -0.39 is 5.41 Å². The Morgan fingerprint density at radius 2 is 1.06 bits per heavy atom. The van der Waals surface area contributed by atoms with Gasteiger partial charge in [-0.2, -0.15) is 0 Å². The number of aryl methyl sites for hydroxylation is 3. The molecule has 3 aromatic carbocycles. The minimum Gasteiger partial charge on any atom is -0.490 e. The number of esters is 1. The van der Waals surface area contributed by atoms with Crippen molar-refractivity contribution in [1.29, 1.82) is 0 Å². The lowest BCUT2D eigenvalue weighted by atomic mass is 9.86. The van der Waals surface area contributed by atoms with E-state index in [0.717, 1.165) is 18.4 Å². The van der Waals surface area contributed by atoms with Crippen molar-refractivity contribution < 1.29 is 29.0 Å². The summed E-state index contributed by atoms with van der Waals surface area (Å²) >= 11 is 16.7. The highest BCUT2D eigenvalue weighted by atomic mass is 79.9. The van der Waals surface area contributed by atoms with Gasteiger partial charge in [0.25, 0.3) is 0 Å². The van der Waals surface area contributed by atoms with Crippen molar-refractivity contribution in [3.8, 4) is 5.75 Å².